The molecule has 7 N–H and O–H groups in total. The highest BCUT2D eigenvalue weighted by Gasteiger charge is 2.52. The van der Waals surface area contributed by atoms with Crippen molar-refractivity contribution in [1.29, 1.82) is 0 Å². The molecule has 1 aromatic rings. The van der Waals surface area contributed by atoms with Crippen LogP contribution < -0.4 is 26.6 Å². The maximum absolute atomic E-state index is 10.9. The van der Waals surface area contributed by atoms with E-state index in [1.54, 1.807) is 0 Å². The molecular formula is C30H51N7O3. The van der Waals surface area contributed by atoms with Crippen LogP contribution in [0.15, 0.2) is 18.2 Å². The molecule has 1 saturated carbocycles. The monoisotopic (exact) mass is 557 g/mol. The van der Waals surface area contributed by atoms with Crippen LogP contribution in [0.1, 0.15) is 58.4 Å². The molecule has 224 valence electrons. The molecule has 0 bridgehead atoms. The minimum atomic E-state index is -0.918. The largest absolute Gasteiger partial charge is 0.387 e. The number of fused-ring (bicyclic) bond motifs is 2. The fourth-order valence-electron chi connectivity index (χ4n) is 7.62. The second kappa shape index (κ2) is 11.0. The van der Waals surface area contributed by atoms with Crippen LogP contribution in [-0.4, -0.2) is 103 Å². The Labute approximate surface area is 239 Å². The number of hydrogen-bond acceptors (Lipinski definition) is 10. The fourth-order valence-corrected chi connectivity index (χ4v) is 7.62. The molecule has 4 heterocycles. The molecule has 5 aliphatic rings. The van der Waals surface area contributed by atoms with Crippen LogP contribution in [0.5, 0.6) is 0 Å². The van der Waals surface area contributed by atoms with Crippen molar-refractivity contribution in [2.24, 2.45) is 17.6 Å². The Kier molecular flexibility index (Phi) is 7.84. The summed E-state index contributed by atoms with van der Waals surface area (Å²) in [5.41, 5.74) is 10.3. The average Bonchev–Trinajstić information content (AvgIpc) is 3.53. The van der Waals surface area contributed by atoms with Crippen LogP contribution in [0.4, 0.5) is 11.4 Å². The SMILES string of the molecule is CN(C[C@H]1O[C@@H](N2CCC3C(N)NCNC32)[C@H](O)[C@@H]1O)C1CC(CCC2Nc3cc(C(C)(C)C)ccc3N2C)C1. The quantitative estimate of drug-likeness (QED) is 0.292. The maximum Gasteiger partial charge on any atom is 0.141 e. The van der Waals surface area contributed by atoms with Gasteiger partial charge in [-0.2, -0.15) is 0 Å². The number of benzene rings is 1. The van der Waals surface area contributed by atoms with Crippen LogP contribution in [0.2, 0.25) is 0 Å². The Morgan fingerprint density at radius 2 is 1.90 bits per heavy atom. The van der Waals surface area contributed by atoms with Crippen molar-refractivity contribution in [3.8, 4) is 0 Å². The van der Waals surface area contributed by atoms with Gasteiger partial charge in [-0.3, -0.25) is 15.5 Å². The summed E-state index contributed by atoms with van der Waals surface area (Å²) in [5, 5.41) is 32.3. The summed E-state index contributed by atoms with van der Waals surface area (Å²) in [6, 6.07) is 7.34. The van der Waals surface area contributed by atoms with E-state index in [1.807, 2.05) is 0 Å². The predicted octanol–water partition coefficient (Wildman–Crippen LogP) is 1.19. The van der Waals surface area contributed by atoms with E-state index in [4.69, 9.17) is 10.5 Å². The fraction of sp³-hybridized carbons (Fsp3) is 0.800. The predicted molar refractivity (Wildman–Crippen MR) is 158 cm³/mol. The van der Waals surface area contributed by atoms with E-state index < -0.39 is 24.5 Å². The number of nitrogens with zero attached hydrogens (tertiary/aromatic N) is 3. The van der Waals surface area contributed by atoms with E-state index >= 15 is 0 Å². The Morgan fingerprint density at radius 1 is 1.12 bits per heavy atom. The number of likely N-dealkylation sites (tertiary alicyclic amines) is 1. The molecule has 0 spiro atoms. The average molecular weight is 558 g/mol. The third-order valence-electron chi connectivity index (χ3n) is 10.4. The van der Waals surface area contributed by atoms with Gasteiger partial charge in [0.1, 0.15) is 24.5 Å². The van der Waals surface area contributed by atoms with E-state index in [9.17, 15) is 10.2 Å². The molecule has 4 fully saturated rings. The topological polar surface area (TPSA) is 122 Å². The number of likely N-dealkylation sites (N-methyl/N-ethyl adjacent to an activating group) is 1. The molecule has 0 amide bonds. The summed E-state index contributed by atoms with van der Waals surface area (Å²) in [7, 11) is 4.33. The van der Waals surface area contributed by atoms with Gasteiger partial charge < -0.3 is 35.8 Å². The highest BCUT2D eigenvalue weighted by atomic mass is 16.6. The van der Waals surface area contributed by atoms with Crippen molar-refractivity contribution in [2.75, 3.05) is 44.1 Å². The van der Waals surface area contributed by atoms with Gasteiger partial charge in [0.2, 0.25) is 0 Å². The standard InChI is InChI=1S/C30H51N7O3/c1-30(2,3)18-7-8-22-21(14-18)34-24(36(22)5)9-6-17-12-19(13-17)35(4)15-23-25(38)26(39)29(40-23)37-11-10-20-27(31)32-16-33-28(20)37/h7-8,14,17,19-20,23-29,32-34,38-39H,6,9-13,15-16,31H2,1-5H3/t17?,19?,20?,23-,24?,25-,26-,27?,28?,29-/m1/s1. The molecule has 4 unspecified atom stereocenters. The lowest BCUT2D eigenvalue weighted by Crippen LogP contribution is -2.64. The van der Waals surface area contributed by atoms with Crippen molar-refractivity contribution in [2.45, 2.75) is 107 Å². The third kappa shape index (κ3) is 5.26. The zero-order valence-electron chi connectivity index (χ0n) is 24.9. The van der Waals surface area contributed by atoms with Gasteiger partial charge in [-0.15, -0.1) is 0 Å². The Morgan fingerprint density at radius 3 is 2.65 bits per heavy atom. The highest BCUT2D eigenvalue weighted by Crippen LogP contribution is 2.41. The smallest absolute Gasteiger partial charge is 0.141 e. The number of hydrogen-bond donors (Lipinski definition) is 6. The van der Waals surface area contributed by atoms with E-state index in [-0.39, 0.29) is 23.7 Å². The van der Waals surface area contributed by atoms with Gasteiger partial charge in [-0.05, 0) is 68.2 Å². The number of anilines is 2. The number of ether oxygens (including phenoxy) is 1. The Hall–Kier alpha value is -1.50. The maximum atomic E-state index is 10.9. The van der Waals surface area contributed by atoms with Gasteiger partial charge in [0, 0.05) is 38.8 Å². The third-order valence-corrected chi connectivity index (χ3v) is 10.4. The zero-order valence-corrected chi connectivity index (χ0v) is 24.9. The van der Waals surface area contributed by atoms with Crippen molar-refractivity contribution in [3.05, 3.63) is 23.8 Å². The first-order valence-corrected chi connectivity index (χ1v) is 15.3. The van der Waals surface area contributed by atoms with Crippen molar-refractivity contribution < 1.29 is 14.9 Å². The molecule has 1 aromatic carbocycles. The summed E-state index contributed by atoms with van der Waals surface area (Å²) in [6.07, 6.45) is 3.26. The minimum Gasteiger partial charge on any atom is -0.387 e. The molecule has 40 heavy (non-hydrogen) atoms. The van der Waals surface area contributed by atoms with E-state index in [0.717, 1.165) is 25.3 Å². The lowest BCUT2D eigenvalue weighted by molar-refractivity contribution is -0.111. The summed E-state index contributed by atoms with van der Waals surface area (Å²) < 4.78 is 6.33. The van der Waals surface area contributed by atoms with Crippen LogP contribution in [0.25, 0.3) is 0 Å². The lowest BCUT2D eigenvalue weighted by Gasteiger charge is -2.43. The second-order valence-corrected chi connectivity index (χ2v) is 14.1. The Bertz CT molecular complexity index is 1050. The first-order chi connectivity index (χ1) is 19.0. The first-order valence-electron chi connectivity index (χ1n) is 15.3. The lowest BCUT2D eigenvalue weighted by atomic mass is 9.76. The summed E-state index contributed by atoms with van der Waals surface area (Å²) in [4.78, 5) is 6.88. The van der Waals surface area contributed by atoms with Gasteiger partial charge in [0.25, 0.3) is 0 Å². The molecule has 0 aromatic heterocycles. The molecule has 10 nitrogen and oxygen atoms in total. The summed E-state index contributed by atoms with van der Waals surface area (Å²) in [5.74, 6) is 0.991. The van der Waals surface area contributed by atoms with E-state index in [2.05, 4.69) is 83.7 Å². The summed E-state index contributed by atoms with van der Waals surface area (Å²) in [6.45, 7) is 8.85. The van der Waals surface area contributed by atoms with Gasteiger partial charge in [0.05, 0.1) is 29.9 Å². The highest BCUT2D eigenvalue weighted by molar-refractivity contribution is 5.76. The van der Waals surface area contributed by atoms with Crippen LogP contribution >= 0.6 is 0 Å². The molecule has 6 rings (SSSR count). The van der Waals surface area contributed by atoms with Gasteiger partial charge in [0.15, 0.2) is 0 Å². The molecule has 3 saturated heterocycles. The van der Waals surface area contributed by atoms with Gasteiger partial charge >= 0.3 is 0 Å². The number of rotatable bonds is 7. The number of aliphatic hydroxyl groups is 2. The Balaban J connectivity index is 0.956. The van der Waals surface area contributed by atoms with E-state index in [1.165, 1.54) is 36.2 Å². The molecule has 1 aliphatic carbocycles. The minimum absolute atomic E-state index is 0.0605. The van der Waals surface area contributed by atoms with Crippen LogP contribution in [-0.2, 0) is 10.2 Å². The van der Waals surface area contributed by atoms with Crippen molar-refractivity contribution in [1.82, 2.24) is 20.4 Å². The molecule has 4 aliphatic heterocycles. The number of nitrogens with one attached hydrogen (secondary N) is 3. The van der Waals surface area contributed by atoms with E-state index in [0.29, 0.717) is 25.4 Å². The zero-order chi connectivity index (χ0) is 28.3. The van der Waals surface area contributed by atoms with Crippen molar-refractivity contribution in [3.63, 3.8) is 0 Å². The van der Waals surface area contributed by atoms with Gasteiger partial charge in [-0.1, -0.05) is 26.8 Å². The van der Waals surface area contributed by atoms with Crippen LogP contribution in [0, 0.1) is 11.8 Å². The number of nitrogens with two attached hydrogens (primary N) is 1. The molecular weight excluding hydrogens is 506 g/mol. The van der Waals surface area contributed by atoms with Crippen molar-refractivity contribution >= 4 is 11.4 Å². The molecule has 0 radical (unpaired) electrons. The summed E-state index contributed by atoms with van der Waals surface area (Å²) >= 11 is 0. The molecule has 8 atom stereocenters. The second-order valence-electron chi connectivity index (χ2n) is 14.1. The normalized spacial score (nSPS) is 39.8. The number of aliphatic hydroxyl groups excluding tert-OH is 2. The van der Waals surface area contributed by atoms with Crippen LogP contribution in [0.3, 0.4) is 0 Å². The first kappa shape index (κ1) is 28.6. The molecule has 10 heteroatoms. The van der Waals surface area contributed by atoms with Gasteiger partial charge in [-0.25, -0.2) is 0 Å².